The highest BCUT2D eigenvalue weighted by Crippen LogP contribution is 2.46. The number of aromatic nitrogens is 2. The molecule has 4 rings (SSSR count). The van der Waals surface area contributed by atoms with Crippen LogP contribution in [0.1, 0.15) is 88.5 Å². The highest BCUT2D eigenvalue weighted by molar-refractivity contribution is 5.80. The average molecular weight is 426 g/mol. The lowest BCUT2D eigenvalue weighted by atomic mass is 9.86. The molecule has 1 unspecified atom stereocenters. The maximum Gasteiger partial charge on any atom is 0.226 e. The summed E-state index contributed by atoms with van der Waals surface area (Å²) in [5, 5.41) is 11.1. The summed E-state index contributed by atoms with van der Waals surface area (Å²) >= 11 is 0. The van der Waals surface area contributed by atoms with Crippen molar-refractivity contribution in [2.45, 2.75) is 83.3 Å². The number of fused-ring (bicyclic) bond motifs is 1. The summed E-state index contributed by atoms with van der Waals surface area (Å²) in [6, 6.07) is 8.61. The summed E-state index contributed by atoms with van der Waals surface area (Å²) in [4.78, 5) is 9.27. The zero-order chi connectivity index (χ0) is 21.7. The molecule has 2 aliphatic rings. The molecular weight excluding hydrogens is 390 g/mol. The van der Waals surface area contributed by atoms with Gasteiger partial charge in [-0.25, -0.2) is 0 Å². The topological polar surface area (TPSA) is 84.6 Å². The molecular formula is C24H35N5O2. The molecule has 1 aromatic heterocycles. The van der Waals surface area contributed by atoms with Gasteiger partial charge in [-0.2, -0.15) is 4.98 Å². The molecule has 7 heteroatoms. The van der Waals surface area contributed by atoms with E-state index in [1.165, 1.54) is 18.4 Å². The maximum atomic E-state index is 6.49. The van der Waals surface area contributed by atoms with E-state index in [1.807, 2.05) is 0 Å². The third-order valence-electron chi connectivity index (χ3n) is 6.19. The number of hydrogen-bond acceptors (Lipinski definition) is 5. The van der Waals surface area contributed by atoms with Crippen LogP contribution in [0.5, 0.6) is 5.75 Å². The van der Waals surface area contributed by atoms with Crippen molar-refractivity contribution < 1.29 is 9.26 Å². The predicted molar refractivity (Wildman–Crippen MR) is 121 cm³/mol. The van der Waals surface area contributed by atoms with E-state index in [0.717, 1.165) is 56.2 Å². The largest absolute Gasteiger partial charge is 0.487 e. The molecule has 1 fully saturated rings. The van der Waals surface area contributed by atoms with Gasteiger partial charge in [0, 0.05) is 37.4 Å². The van der Waals surface area contributed by atoms with Crippen LogP contribution < -0.4 is 15.4 Å². The molecule has 1 aliphatic heterocycles. The second-order valence-corrected chi connectivity index (χ2v) is 9.00. The van der Waals surface area contributed by atoms with Crippen molar-refractivity contribution in [2.24, 2.45) is 4.99 Å². The van der Waals surface area contributed by atoms with E-state index < -0.39 is 0 Å². The summed E-state index contributed by atoms with van der Waals surface area (Å²) in [5.41, 5.74) is 1.19. The number of ether oxygens (including phenoxy) is 1. The van der Waals surface area contributed by atoms with Gasteiger partial charge in [0.1, 0.15) is 11.4 Å². The maximum absolute atomic E-state index is 6.49. The fraction of sp³-hybridized carbons (Fsp3) is 0.625. The molecule has 0 radical (unpaired) electrons. The van der Waals surface area contributed by atoms with E-state index in [-0.39, 0.29) is 17.6 Å². The van der Waals surface area contributed by atoms with Crippen LogP contribution in [0.2, 0.25) is 0 Å². The van der Waals surface area contributed by atoms with Crippen molar-refractivity contribution >= 4 is 5.96 Å². The molecule has 1 saturated carbocycles. The summed E-state index contributed by atoms with van der Waals surface area (Å²) in [6.07, 6.45) is 7.35. The van der Waals surface area contributed by atoms with Gasteiger partial charge in [0.15, 0.2) is 11.8 Å². The molecule has 2 heterocycles. The van der Waals surface area contributed by atoms with Gasteiger partial charge in [0.2, 0.25) is 5.89 Å². The lowest BCUT2D eigenvalue weighted by Gasteiger charge is -2.40. The molecule has 1 atom stereocenters. The quantitative estimate of drug-likeness (QED) is 0.385. The van der Waals surface area contributed by atoms with Gasteiger partial charge in [-0.05, 0) is 45.1 Å². The van der Waals surface area contributed by atoms with Crippen LogP contribution in [0.15, 0.2) is 33.8 Å². The lowest BCUT2D eigenvalue weighted by molar-refractivity contribution is 0.0396. The summed E-state index contributed by atoms with van der Waals surface area (Å²) in [7, 11) is 0. The zero-order valence-corrected chi connectivity index (χ0v) is 19.0. The minimum absolute atomic E-state index is 0.0323. The molecule has 1 aliphatic carbocycles. The van der Waals surface area contributed by atoms with Crippen molar-refractivity contribution in [2.75, 3.05) is 13.1 Å². The zero-order valence-electron chi connectivity index (χ0n) is 19.0. The van der Waals surface area contributed by atoms with Crippen LogP contribution in [-0.4, -0.2) is 34.8 Å². The number of aryl methyl sites for hydroxylation is 1. The first-order chi connectivity index (χ1) is 15.1. The van der Waals surface area contributed by atoms with E-state index in [4.69, 9.17) is 14.3 Å². The number of nitrogens with zero attached hydrogens (tertiary/aromatic N) is 3. The number of rotatable bonds is 7. The van der Waals surface area contributed by atoms with Crippen molar-refractivity contribution in [1.82, 2.24) is 20.8 Å². The van der Waals surface area contributed by atoms with Gasteiger partial charge in [-0.15, -0.1) is 0 Å². The van der Waals surface area contributed by atoms with Gasteiger partial charge in [0.05, 0.1) is 6.04 Å². The SMILES string of the molecule is CCNC(=NCCCc1nc(C(C)C)no1)NC1CC2(CCCC2)Oc2ccccc21. The highest BCUT2D eigenvalue weighted by Gasteiger charge is 2.43. The van der Waals surface area contributed by atoms with Gasteiger partial charge >= 0.3 is 0 Å². The van der Waals surface area contributed by atoms with E-state index in [2.05, 4.69) is 65.8 Å². The minimum atomic E-state index is -0.0323. The van der Waals surface area contributed by atoms with Crippen molar-refractivity contribution in [3.63, 3.8) is 0 Å². The van der Waals surface area contributed by atoms with Crippen molar-refractivity contribution in [3.8, 4) is 5.75 Å². The Morgan fingerprint density at radius 2 is 2.06 bits per heavy atom. The Balaban J connectivity index is 1.40. The average Bonchev–Trinajstić information content (AvgIpc) is 3.41. The standard InChI is InChI=1S/C24H35N5O2/c1-4-25-23(26-15-9-12-21-28-22(17(2)3)29-31-21)27-19-16-24(13-7-8-14-24)30-20-11-6-5-10-18(19)20/h5-6,10-11,17,19H,4,7-9,12-16H2,1-3H3,(H2,25,26,27). The Labute approximate surface area is 185 Å². The third kappa shape index (κ3) is 5.20. The van der Waals surface area contributed by atoms with Crippen LogP contribution in [-0.2, 0) is 6.42 Å². The summed E-state index contributed by atoms with van der Waals surface area (Å²) < 4.78 is 11.8. The fourth-order valence-electron chi connectivity index (χ4n) is 4.58. The Morgan fingerprint density at radius 1 is 1.26 bits per heavy atom. The van der Waals surface area contributed by atoms with E-state index in [0.29, 0.717) is 12.4 Å². The van der Waals surface area contributed by atoms with Gasteiger partial charge in [-0.1, -0.05) is 37.2 Å². The lowest BCUT2D eigenvalue weighted by Crippen LogP contribution is -2.46. The number of nitrogens with one attached hydrogen (secondary N) is 2. The van der Waals surface area contributed by atoms with E-state index >= 15 is 0 Å². The number of aliphatic imine (C=N–C) groups is 1. The Kier molecular flexibility index (Phi) is 6.78. The first kappa shape index (κ1) is 21.7. The predicted octanol–water partition coefficient (Wildman–Crippen LogP) is 4.52. The second kappa shape index (κ2) is 9.71. The van der Waals surface area contributed by atoms with Crippen LogP contribution in [0, 0.1) is 0 Å². The monoisotopic (exact) mass is 425 g/mol. The van der Waals surface area contributed by atoms with Crippen LogP contribution in [0.4, 0.5) is 0 Å². The van der Waals surface area contributed by atoms with Gasteiger partial charge < -0.3 is 19.9 Å². The molecule has 1 aromatic carbocycles. The van der Waals surface area contributed by atoms with Gasteiger partial charge in [0.25, 0.3) is 0 Å². The minimum Gasteiger partial charge on any atom is -0.487 e. The molecule has 31 heavy (non-hydrogen) atoms. The Hall–Kier alpha value is -2.57. The van der Waals surface area contributed by atoms with Crippen LogP contribution in [0.25, 0.3) is 0 Å². The van der Waals surface area contributed by atoms with E-state index in [9.17, 15) is 0 Å². The van der Waals surface area contributed by atoms with Crippen molar-refractivity contribution in [1.29, 1.82) is 0 Å². The normalized spacial score (nSPS) is 20.0. The van der Waals surface area contributed by atoms with Crippen LogP contribution in [0.3, 0.4) is 0 Å². The first-order valence-corrected chi connectivity index (χ1v) is 11.7. The molecule has 168 valence electrons. The van der Waals surface area contributed by atoms with E-state index in [1.54, 1.807) is 0 Å². The number of para-hydroxylation sites is 1. The number of hydrogen-bond donors (Lipinski definition) is 2. The molecule has 7 nitrogen and oxygen atoms in total. The van der Waals surface area contributed by atoms with Crippen LogP contribution >= 0.6 is 0 Å². The first-order valence-electron chi connectivity index (χ1n) is 11.7. The molecule has 1 spiro atoms. The Bertz CT molecular complexity index is 886. The smallest absolute Gasteiger partial charge is 0.226 e. The molecule has 2 N–H and O–H groups in total. The third-order valence-corrected chi connectivity index (χ3v) is 6.19. The molecule has 0 bridgehead atoms. The number of guanidine groups is 1. The highest BCUT2D eigenvalue weighted by atomic mass is 16.5. The second-order valence-electron chi connectivity index (χ2n) is 9.00. The molecule has 2 aromatic rings. The molecule has 0 saturated heterocycles. The summed E-state index contributed by atoms with van der Waals surface area (Å²) in [5.74, 6) is 3.61. The molecule has 0 amide bonds. The Morgan fingerprint density at radius 3 is 2.81 bits per heavy atom. The number of benzene rings is 1. The van der Waals surface area contributed by atoms with Crippen molar-refractivity contribution in [3.05, 3.63) is 41.5 Å². The van der Waals surface area contributed by atoms with Gasteiger partial charge in [-0.3, -0.25) is 4.99 Å². The summed E-state index contributed by atoms with van der Waals surface area (Å²) in [6.45, 7) is 7.75. The fourth-order valence-corrected chi connectivity index (χ4v) is 4.58.